The van der Waals surface area contributed by atoms with Crippen molar-refractivity contribution in [2.45, 2.75) is 12.8 Å². The molecule has 3 aromatic carbocycles. The molecular weight excluding hydrogens is 479 g/mol. The first-order valence-electron chi connectivity index (χ1n) is 11.5. The summed E-state index contributed by atoms with van der Waals surface area (Å²) in [4.78, 5) is 15.4. The molecule has 0 saturated heterocycles. The fraction of sp³-hybridized carbons (Fsp3) is 0.0667. The van der Waals surface area contributed by atoms with Crippen molar-refractivity contribution < 1.29 is 27.8 Å². The number of hydrogen-bond acceptors (Lipinski definition) is 3. The molecule has 1 aliphatic carbocycles. The zero-order valence-corrected chi connectivity index (χ0v) is 19.4. The van der Waals surface area contributed by atoms with Gasteiger partial charge in [-0.3, -0.25) is 4.79 Å². The van der Waals surface area contributed by atoms with Gasteiger partial charge in [-0.05, 0) is 106 Å². The monoisotopic (exact) mass is 499 g/mol. The maximum absolute atomic E-state index is 14.2. The van der Waals surface area contributed by atoms with Gasteiger partial charge in [0, 0.05) is 6.20 Å². The molecule has 0 spiro atoms. The van der Waals surface area contributed by atoms with Crippen LogP contribution in [0.5, 0.6) is 11.5 Å². The molecule has 5 rings (SSSR count). The smallest absolute Gasteiger partial charge is 0.307 e. The summed E-state index contributed by atoms with van der Waals surface area (Å²) in [6.45, 7) is 0. The lowest BCUT2D eigenvalue weighted by Gasteiger charge is -2.10. The van der Waals surface area contributed by atoms with Gasteiger partial charge in [-0.1, -0.05) is 24.3 Å². The standard InChI is InChI=1S/C30H20F3NO3/c31-20-4-9-23(10-5-20)37-22-7-1-18(2-8-22)13-25-24-11-6-21(32)15-27(24)28(16-30(35)36)26(25)14-19-3-12-29(33)34-17-19/h1-13,15,17H,14,16H2,(H,35,36)/b25-13+. The Bertz CT molecular complexity index is 1520. The summed E-state index contributed by atoms with van der Waals surface area (Å²) in [7, 11) is 0. The zero-order valence-electron chi connectivity index (χ0n) is 19.4. The van der Waals surface area contributed by atoms with Crippen LogP contribution in [0.15, 0.2) is 90.6 Å². The van der Waals surface area contributed by atoms with Gasteiger partial charge in [0.25, 0.3) is 0 Å². The number of ether oxygens (including phenoxy) is 1. The van der Waals surface area contributed by atoms with Crippen LogP contribution in [0.2, 0.25) is 0 Å². The number of aliphatic carboxylic acids is 1. The number of carboxylic acid groups (broad SMARTS) is 1. The van der Waals surface area contributed by atoms with Crippen LogP contribution in [-0.4, -0.2) is 16.1 Å². The fourth-order valence-electron chi connectivity index (χ4n) is 4.36. The van der Waals surface area contributed by atoms with E-state index in [1.165, 1.54) is 48.7 Å². The van der Waals surface area contributed by atoms with E-state index in [9.17, 15) is 23.1 Å². The molecule has 0 amide bonds. The molecule has 0 bridgehead atoms. The van der Waals surface area contributed by atoms with Gasteiger partial charge >= 0.3 is 5.97 Å². The predicted molar refractivity (Wildman–Crippen MR) is 134 cm³/mol. The van der Waals surface area contributed by atoms with Crippen molar-refractivity contribution in [3.05, 3.63) is 130 Å². The van der Waals surface area contributed by atoms with Crippen molar-refractivity contribution >= 4 is 23.2 Å². The summed E-state index contributed by atoms with van der Waals surface area (Å²) in [5, 5.41) is 9.59. The van der Waals surface area contributed by atoms with Gasteiger partial charge in [-0.2, -0.15) is 4.39 Å². The Morgan fingerprint density at radius 2 is 1.49 bits per heavy atom. The molecule has 0 unspecified atom stereocenters. The Morgan fingerprint density at radius 3 is 2.14 bits per heavy atom. The maximum Gasteiger partial charge on any atom is 0.307 e. The van der Waals surface area contributed by atoms with E-state index in [4.69, 9.17) is 4.74 Å². The third-order valence-electron chi connectivity index (χ3n) is 6.02. The molecule has 184 valence electrons. The van der Waals surface area contributed by atoms with Crippen molar-refractivity contribution in [2.75, 3.05) is 0 Å². The summed E-state index contributed by atoms with van der Waals surface area (Å²) < 4.78 is 46.5. The molecule has 37 heavy (non-hydrogen) atoms. The molecule has 0 saturated carbocycles. The predicted octanol–water partition coefficient (Wildman–Crippen LogP) is 7.32. The molecule has 1 N–H and O–H groups in total. The maximum atomic E-state index is 14.2. The Balaban J connectivity index is 1.54. The minimum Gasteiger partial charge on any atom is -0.481 e. The number of carboxylic acids is 1. The Kier molecular flexibility index (Phi) is 6.60. The SMILES string of the molecule is O=C(O)CC1=C(Cc2ccc(F)nc2)/C(=C/c2ccc(Oc3ccc(F)cc3)cc2)c2ccc(F)cc21. The van der Waals surface area contributed by atoms with Gasteiger partial charge in [-0.15, -0.1) is 0 Å². The topological polar surface area (TPSA) is 59.4 Å². The second-order valence-electron chi connectivity index (χ2n) is 8.57. The number of rotatable bonds is 7. The average Bonchev–Trinajstić information content (AvgIpc) is 3.14. The molecule has 0 atom stereocenters. The highest BCUT2D eigenvalue weighted by molar-refractivity contribution is 6.08. The summed E-state index contributed by atoms with van der Waals surface area (Å²) in [6.07, 6.45) is 3.31. The molecule has 7 heteroatoms. The van der Waals surface area contributed by atoms with Crippen LogP contribution in [0.3, 0.4) is 0 Å². The van der Waals surface area contributed by atoms with E-state index in [0.29, 0.717) is 45.8 Å². The van der Waals surface area contributed by atoms with Crippen LogP contribution in [0.25, 0.3) is 17.2 Å². The van der Waals surface area contributed by atoms with Crippen LogP contribution in [-0.2, 0) is 11.2 Å². The highest BCUT2D eigenvalue weighted by Gasteiger charge is 2.28. The number of nitrogens with zero attached hydrogens (tertiary/aromatic N) is 1. The number of hydrogen-bond donors (Lipinski definition) is 1. The van der Waals surface area contributed by atoms with E-state index in [1.54, 1.807) is 24.3 Å². The van der Waals surface area contributed by atoms with Crippen molar-refractivity contribution in [2.24, 2.45) is 0 Å². The van der Waals surface area contributed by atoms with Crippen molar-refractivity contribution in [1.29, 1.82) is 0 Å². The quantitative estimate of drug-likeness (QED) is 0.271. The van der Waals surface area contributed by atoms with Crippen LogP contribution in [0, 0.1) is 17.6 Å². The van der Waals surface area contributed by atoms with Crippen LogP contribution < -0.4 is 4.74 Å². The Morgan fingerprint density at radius 1 is 0.811 bits per heavy atom. The van der Waals surface area contributed by atoms with Crippen molar-refractivity contribution in [3.63, 3.8) is 0 Å². The minimum atomic E-state index is -1.04. The first-order chi connectivity index (χ1) is 17.9. The summed E-state index contributed by atoms with van der Waals surface area (Å²) in [6, 6.07) is 20.1. The van der Waals surface area contributed by atoms with E-state index >= 15 is 0 Å². The summed E-state index contributed by atoms with van der Waals surface area (Å²) in [5.74, 6) is -1.41. The van der Waals surface area contributed by atoms with E-state index in [1.807, 2.05) is 18.2 Å². The molecule has 4 aromatic rings. The number of fused-ring (bicyclic) bond motifs is 1. The number of carbonyl (C=O) groups is 1. The van der Waals surface area contributed by atoms with Crippen LogP contribution >= 0.6 is 0 Å². The van der Waals surface area contributed by atoms with Gasteiger partial charge in [0.15, 0.2) is 0 Å². The molecule has 4 nitrogen and oxygen atoms in total. The fourth-order valence-corrected chi connectivity index (χ4v) is 4.36. The lowest BCUT2D eigenvalue weighted by atomic mass is 9.95. The van der Waals surface area contributed by atoms with Crippen LogP contribution in [0.4, 0.5) is 13.2 Å². The normalized spacial score (nSPS) is 13.6. The third-order valence-corrected chi connectivity index (χ3v) is 6.02. The van der Waals surface area contributed by atoms with E-state index in [-0.39, 0.29) is 12.2 Å². The second-order valence-corrected chi connectivity index (χ2v) is 8.57. The molecule has 0 aliphatic heterocycles. The molecular formula is C30H20F3NO3. The lowest BCUT2D eigenvalue weighted by molar-refractivity contribution is -0.135. The van der Waals surface area contributed by atoms with Crippen molar-refractivity contribution in [1.82, 2.24) is 4.98 Å². The Labute approximate surface area is 211 Å². The highest BCUT2D eigenvalue weighted by atomic mass is 19.1. The Hall–Kier alpha value is -4.65. The molecule has 1 aromatic heterocycles. The number of benzene rings is 3. The van der Waals surface area contributed by atoms with Crippen LogP contribution in [0.1, 0.15) is 28.7 Å². The molecule has 1 aliphatic rings. The van der Waals surface area contributed by atoms with Gasteiger partial charge in [0.2, 0.25) is 5.95 Å². The van der Waals surface area contributed by atoms with E-state index < -0.39 is 17.7 Å². The third kappa shape index (κ3) is 5.46. The second kappa shape index (κ2) is 10.1. The molecule has 0 radical (unpaired) electrons. The number of allylic oxidation sites excluding steroid dienone is 2. The molecule has 0 fully saturated rings. The van der Waals surface area contributed by atoms with Crippen molar-refractivity contribution in [3.8, 4) is 11.5 Å². The first kappa shape index (κ1) is 24.1. The van der Waals surface area contributed by atoms with Gasteiger partial charge in [-0.25, -0.2) is 13.8 Å². The summed E-state index contributed by atoms with van der Waals surface area (Å²) in [5.41, 5.74) is 4.72. The number of pyridine rings is 1. The first-order valence-corrected chi connectivity index (χ1v) is 11.5. The minimum absolute atomic E-state index is 0.289. The van der Waals surface area contributed by atoms with E-state index in [0.717, 1.165) is 11.1 Å². The number of aromatic nitrogens is 1. The number of halogens is 3. The highest BCUT2D eigenvalue weighted by Crippen LogP contribution is 2.45. The average molecular weight is 499 g/mol. The molecule has 1 heterocycles. The van der Waals surface area contributed by atoms with Gasteiger partial charge in [0.05, 0.1) is 6.42 Å². The zero-order chi connectivity index (χ0) is 25.9. The van der Waals surface area contributed by atoms with E-state index in [2.05, 4.69) is 4.98 Å². The van der Waals surface area contributed by atoms with Gasteiger partial charge in [0.1, 0.15) is 23.1 Å². The van der Waals surface area contributed by atoms with Gasteiger partial charge < -0.3 is 9.84 Å². The lowest BCUT2D eigenvalue weighted by Crippen LogP contribution is -2.00. The summed E-state index contributed by atoms with van der Waals surface area (Å²) >= 11 is 0. The largest absolute Gasteiger partial charge is 0.481 e.